The molecule has 1 heterocycles. The molecule has 7 nitrogen and oxygen atoms in total. The van der Waals surface area contributed by atoms with Crippen LogP contribution >= 0.6 is 0 Å². The van der Waals surface area contributed by atoms with Crippen molar-refractivity contribution in [2.45, 2.75) is 42.5 Å². The summed E-state index contributed by atoms with van der Waals surface area (Å²) >= 11 is 0. The Morgan fingerprint density at radius 2 is 1.66 bits per heavy atom. The molecule has 3 aromatic carbocycles. The topological polar surface area (TPSA) is 91.3 Å². The molecule has 0 bridgehead atoms. The molecule has 1 N–H and O–H groups in total. The van der Waals surface area contributed by atoms with Crippen molar-refractivity contribution in [3.8, 4) is 11.5 Å². The van der Waals surface area contributed by atoms with Gasteiger partial charge in [-0.05, 0) is 42.3 Å². The lowest BCUT2D eigenvalue weighted by Crippen LogP contribution is -2.33. The van der Waals surface area contributed by atoms with Gasteiger partial charge in [-0.2, -0.15) is 0 Å². The van der Waals surface area contributed by atoms with Gasteiger partial charge in [-0.1, -0.05) is 54.1 Å². The summed E-state index contributed by atoms with van der Waals surface area (Å²) in [5.74, 6) is 0.894. The predicted octanol–water partition coefficient (Wildman–Crippen LogP) is 4.22. The third kappa shape index (κ3) is 6.02. The van der Waals surface area contributed by atoms with Crippen LogP contribution in [0.3, 0.4) is 0 Å². The van der Waals surface area contributed by atoms with Gasteiger partial charge >= 0.3 is 0 Å². The van der Waals surface area contributed by atoms with Crippen LogP contribution in [0.5, 0.6) is 11.5 Å². The highest BCUT2D eigenvalue weighted by atomic mass is 32.2. The second kappa shape index (κ2) is 11.2. The van der Waals surface area contributed by atoms with Crippen molar-refractivity contribution < 1.29 is 32.5 Å². The number of methoxy groups -OCH3 is 1. The van der Waals surface area contributed by atoms with E-state index >= 15 is 0 Å². The fourth-order valence-corrected chi connectivity index (χ4v) is 5.77. The van der Waals surface area contributed by atoms with Crippen molar-refractivity contribution in [3.63, 3.8) is 0 Å². The SMILES string of the molecule is COc1ccc(C(O)C(CC2OCCO2)S(=O)(=O)c2ccc(C)cc2)cc1OCc1ccccc1. The molecule has 0 saturated carbocycles. The molecule has 2 atom stereocenters. The van der Waals surface area contributed by atoms with Crippen molar-refractivity contribution in [2.24, 2.45) is 0 Å². The van der Waals surface area contributed by atoms with Gasteiger partial charge in [0.15, 0.2) is 27.6 Å². The average Bonchev–Trinajstić information content (AvgIpc) is 3.40. The highest BCUT2D eigenvalue weighted by Crippen LogP contribution is 2.36. The van der Waals surface area contributed by atoms with Gasteiger partial charge in [0.05, 0.1) is 31.3 Å². The zero-order valence-electron chi connectivity index (χ0n) is 19.8. The lowest BCUT2D eigenvalue weighted by Gasteiger charge is -2.26. The minimum Gasteiger partial charge on any atom is -0.493 e. The summed E-state index contributed by atoms with van der Waals surface area (Å²) in [5, 5.41) is 10.2. The normalized spacial score (nSPS) is 16.1. The molecular formula is C27H30O7S. The molecule has 1 aliphatic heterocycles. The second-order valence-corrected chi connectivity index (χ2v) is 10.6. The van der Waals surface area contributed by atoms with Crippen LogP contribution in [0, 0.1) is 6.92 Å². The van der Waals surface area contributed by atoms with E-state index in [2.05, 4.69) is 0 Å². The van der Waals surface area contributed by atoms with Crippen LogP contribution in [-0.2, 0) is 25.9 Å². The number of hydrogen-bond donors (Lipinski definition) is 1. The summed E-state index contributed by atoms with van der Waals surface area (Å²) in [5.41, 5.74) is 2.31. The maximum Gasteiger partial charge on any atom is 0.184 e. The van der Waals surface area contributed by atoms with Gasteiger partial charge < -0.3 is 24.1 Å². The molecule has 0 spiro atoms. The monoisotopic (exact) mass is 498 g/mol. The first-order valence-electron chi connectivity index (χ1n) is 11.4. The predicted molar refractivity (Wildman–Crippen MR) is 131 cm³/mol. The van der Waals surface area contributed by atoms with Gasteiger partial charge in [-0.25, -0.2) is 8.42 Å². The maximum absolute atomic E-state index is 13.6. The van der Waals surface area contributed by atoms with Gasteiger partial charge in [-0.15, -0.1) is 0 Å². The molecule has 3 aromatic rings. The van der Waals surface area contributed by atoms with Gasteiger partial charge in [0, 0.05) is 6.42 Å². The van der Waals surface area contributed by atoms with Crippen molar-refractivity contribution >= 4 is 9.84 Å². The molecule has 1 fully saturated rings. The second-order valence-electron chi connectivity index (χ2n) is 8.43. The van der Waals surface area contributed by atoms with Gasteiger partial charge in [0.1, 0.15) is 11.9 Å². The van der Waals surface area contributed by atoms with E-state index in [1.54, 1.807) is 42.5 Å². The number of ether oxygens (including phenoxy) is 4. The van der Waals surface area contributed by atoms with Gasteiger partial charge in [0.2, 0.25) is 0 Å². The summed E-state index contributed by atoms with van der Waals surface area (Å²) in [6, 6.07) is 21.2. The number of benzene rings is 3. The van der Waals surface area contributed by atoms with E-state index in [1.807, 2.05) is 37.3 Å². The lowest BCUT2D eigenvalue weighted by atomic mass is 10.0. The number of hydrogen-bond acceptors (Lipinski definition) is 7. The first-order chi connectivity index (χ1) is 16.9. The van der Waals surface area contributed by atoms with Crippen LogP contribution in [0.4, 0.5) is 0 Å². The fraction of sp³-hybridized carbons (Fsp3) is 0.333. The van der Waals surface area contributed by atoms with E-state index in [1.165, 1.54) is 7.11 Å². The van der Waals surface area contributed by atoms with Crippen LogP contribution < -0.4 is 9.47 Å². The molecule has 35 heavy (non-hydrogen) atoms. The minimum absolute atomic E-state index is 0.0103. The molecule has 0 amide bonds. The molecular weight excluding hydrogens is 468 g/mol. The van der Waals surface area contributed by atoms with Crippen LogP contribution in [0.2, 0.25) is 0 Å². The molecule has 1 saturated heterocycles. The largest absolute Gasteiger partial charge is 0.493 e. The zero-order chi connectivity index (χ0) is 24.8. The Balaban J connectivity index is 1.65. The van der Waals surface area contributed by atoms with Gasteiger partial charge in [0.25, 0.3) is 0 Å². The Hall–Kier alpha value is -2.91. The van der Waals surface area contributed by atoms with E-state index in [9.17, 15) is 13.5 Å². The minimum atomic E-state index is -3.92. The highest BCUT2D eigenvalue weighted by Gasteiger charge is 2.38. The summed E-state index contributed by atoms with van der Waals surface area (Å²) in [6.07, 6.45) is -2.06. The Morgan fingerprint density at radius 3 is 2.31 bits per heavy atom. The fourth-order valence-electron chi connectivity index (χ4n) is 4.00. The van der Waals surface area contributed by atoms with Gasteiger partial charge in [-0.3, -0.25) is 0 Å². The van der Waals surface area contributed by atoms with Crippen LogP contribution in [0.15, 0.2) is 77.7 Å². The van der Waals surface area contributed by atoms with Crippen LogP contribution in [0.1, 0.15) is 29.2 Å². The summed E-state index contributed by atoms with van der Waals surface area (Å²) in [7, 11) is -2.39. The number of aliphatic hydroxyl groups excluding tert-OH is 1. The Morgan fingerprint density at radius 1 is 0.971 bits per heavy atom. The molecule has 0 aromatic heterocycles. The molecule has 186 valence electrons. The summed E-state index contributed by atoms with van der Waals surface area (Å²) in [6.45, 7) is 2.96. The quantitative estimate of drug-likeness (QED) is 0.447. The summed E-state index contributed by atoms with van der Waals surface area (Å²) < 4.78 is 49.7. The van der Waals surface area contributed by atoms with Crippen molar-refractivity contribution in [1.82, 2.24) is 0 Å². The highest BCUT2D eigenvalue weighted by molar-refractivity contribution is 7.92. The average molecular weight is 499 g/mol. The standard InChI is InChI=1S/C27H30O7S/c1-19-8-11-22(12-9-19)35(29,30)25(17-26-32-14-15-33-26)27(28)21-10-13-23(31-2)24(16-21)34-18-20-6-4-3-5-7-20/h3-13,16,25-28H,14-15,17-18H2,1-2H3. The maximum atomic E-state index is 13.6. The van der Waals surface area contributed by atoms with E-state index in [-0.39, 0.29) is 11.3 Å². The molecule has 0 aliphatic carbocycles. The van der Waals surface area contributed by atoms with Crippen LogP contribution in [-0.4, -0.2) is 45.4 Å². The molecule has 0 radical (unpaired) electrons. The lowest BCUT2D eigenvalue weighted by molar-refractivity contribution is -0.0531. The molecule has 1 aliphatic rings. The Labute approximate surface area is 206 Å². The van der Waals surface area contributed by atoms with E-state index in [0.29, 0.717) is 36.9 Å². The molecule has 4 rings (SSSR count). The number of rotatable bonds is 10. The van der Waals surface area contributed by atoms with Crippen molar-refractivity contribution in [3.05, 3.63) is 89.5 Å². The smallest absolute Gasteiger partial charge is 0.184 e. The third-order valence-electron chi connectivity index (χ3n) is 5.98. The molecule has 8 heteroatoms. The molecule has 2 unspecified atom stereocenters. The van der Waals surface area contributed by atoms with Crippen molar-refractivity contribution in [2.75, 3.05) is 20.3 Å². The number of aliphatic hydroxyl groups is 1. The zero-order valence-corrected chi connectivity index (χ0v) is 20.6. The third-order valence-corrected chi connectivity index (χ3v) is 8.16. The van der Waals surface area contributed by atoms with Crippen LogP contribution in [0.25, 0.3) is 0 Å². The first kappa shape index (κ1) is 25.2. The summed E-state index contributed by atoms with van der Waals surface area (Å²) in [4.78, 5) is 0.138. The first-order valence-corrected chi connectivity index (χ1v) is 13.0. The Kier molecular flexibility index (Phi) is 8.07. The van der Waals surface area contributed by atoms with E-state index in [0.717, 1.165) is 11.1 Å². The van der Waals surface area contributed by atoms with Crippen molar-refractivity contribution in [1.29, 1.82) is 0 Å². The number of sulfone groups is 1. The number of aryl methyl sites for hydroxylation is 1. The van der Waals surface area contributed by atoms with E-state index in [4.69, 9.17) is 18.9 Å². The Bertz CT molecular complexity index is 1200. The van der Waals surface area contributed by atoms with E-state index < -0.39 is 27.5 Å².